The molecule has 112 valence electrons. The number of benzene rings is 1. The molecular weight excluding hydrogens is 251 g/mol. The third kappa shape index (κ3) is 4.57. The fourth-order valence-electron chi connectivity index (χ4n) is 3.01. The van der Waals surface area contributed by atoms with Gasteiger partial charge in [0.2, 0.25) is 0 Å². The average molecular weight is 278 g/mol. The Morgan fingerprint density at radius 2 is 1.70 bits per heavy atom. The molecule has 0 spiro atoms. The van der Waals surface area contributed by atoms with Gasteiger partial charge in [0.1, 0.15) is 5.82 Å². The summed E-state index contributed by atoms with van der Waals surface area (Å²) in [5.41, 5.74) is 1.22. The van der Waals surface area contributed by atoms with Crippen molar-refractivity contribution in [2.24, 2.45) is 0 Å². The number of nitrogens with zero attached hydrogens (tertiary/aromatic N) is 1. The first kappa shape index (κ1) is 15.5. The normalized spacial score (nSPS) is 26.8. The van der Waals surface area contributed by atoms with E-state index in [0.29, 0.717) is 18.1 Å². The summed E-state index contributed by atoms with van der Waals surface area (Å²) in [6.07, 6.45) is 3.38. The van der Waals surface area contributed by atoms with Crippen molar-refractivity contribution in [3.05, 3.63) is 35.6 Å². The molecule has 0 amide bonds. The quantitative estimate of drug-likeness (QED) is 0.913. The average Bonchev–Trinajstić information content (AvgIpc) is 2.39. The van der Waals surface area contributed by atoms with Gasteiger partial charge in [-0.05, 0) is 70.8 Å². The first-order chi connectivity index (χ1) is 9.54. The van der Waals surface area contributed by atoms with E-state index in [2.05, 4.69) is 31.0 Å². The van der Waals surface area contributed by atoms with Crippen LogP contribution in [0, 0.1) is 5.82 Å². The maximum Gasteiger partial charge on any atom is 0.123 e. The van der Waals surface area contributed by atoms with Gasteiger partial charge in [-0.3, -0.25) is 0 Å². The number of nitrogens with one attached hydrogen (secondary N) is 1. The summed E-state index contributed by atoms with van der Waals surface area (Å²) in [5, 5.41) is 3.63. The second-order valence-electron chi connectivity index (χ2n) is 6.26. The van der Waals surface area contributed by atoms with Crippen LogP contribution in [0.15, 0.2) is 24.3 Å². The summed E-state index contributed by atoms with van der Waals surface area (Å²) in [7, 11) is 0. The molecule has 20 heavy (non-hydrogen) atoms. The van der Waals surface area contributed by atoms with Gasteiger partial charge in [0.25, 0.3) is 0 Å². The van der Waals surface area contributed by atoms with Gasteiger partial charge in [0.05, 0.1) is 0 Å². The molecule has 1 saturated heterocycles. The highest BCUT2D eigenvalue weighted by Crippen LogP contribution is 2.14. The molecule has 3 unspecified atom stereocenters. The second kappa shape index (κ2) is 7.19. The zero-order valence-corrected chi connectivity index (χ0v) is 12.9. The lowest BCUT2D eigenvalue weighted by Gasteiger charge is -2.34. The van der Waals surface area contributed by atoms with Gasteiger partial charge in [-0.2, -0.15) is 0 Å². The highest BCUT2D eigenvalue weighted by Gasteiger charge is 2.19. The molecule has 0 saturated carbocycles. The van der Waals surface area contributed by atoms with Crippen molar-refractivity contribution in [2.45, 2.75) is 58.2 Å². The van der Waals surface area contributed by atoms with E-state index in [0.717, 1.165) is 19.5 Å². The standard InChI is InChI=1S/C17H27FN2/c1-13-8-10-20(11-9-14(2)19-13)15(3)12-16-4-6-17(18)7-5-16/h4-7,13-15,19H,8-12H2,1-3H3. The number of rotatable bonds is 3. The summed E-state index contributed by atoms with van der Waals surface area (Å²) in [6.45, 7) is 9.11. The largest absolute Gasteiger partial charge is 0.312 e. The summed E-state index contributed by atoms with van der Waals surface area (Å²) in [5.74, 6) is -0.151. The van der Waals surface area contributed by atoms with Gasteiger partial charge in [-0.25, -0.2) is 4.39 Å². The van der Waals surface area contributed by atoms with Crippen LogP contribution in [0.5, 0.6) is 0 Å². The van der Waals surface area contributed by atoms with Gasteiger partial charge in [-0.15, -0.1) is 0 Å². The van der Waals surface area contributed by atoms with E-state index in [1.165, 1.54) is 18.4 Å². The fourth-order valence-corrected chi connectivity index (χ4v) is 3.01. The highest BCUT2D eigenvalue weighted by atomic mass is 19.1. The predicted molar refractivity (Wildman–Crippen MR) is 82.4 cm³/mol. The molecule has 1 N–H and O–H groups in total. The topological polar surface area (TPSA) is 15.3 Å². The number of halogens is 1. The number of hydrogen-bond donors (Lipinski definition) is 1. The van der Waals surface area contributed by atoms with Crippen LogP contribution in [-0.2, 0) is 6.42 Å². The van der Waals surface area contributed by atoms with Gasteiger partial charge in [0.15, 0.2) is 0 Å². The van der Waals surface area contributed by atoms with Crippen LogP contribution in [0.1, 0.15) is 39.2 Å². The predicted octanol–water partition coefficient (Wildman–Crippen LogP) is 3.22. The van der Waals surface area contributed by atoms with Crippen molar-refractivity contribution in [1.29, 1.82) is 0 Å². The molecule has 0 aromatic heterocycles. The Balaban J connectivity index is 1.92. The summed E-state index contributed by atoms with van der Waals surface area (Å²) in [4.78, 5) is 2.58. The molecule has 2 rings (SSSR count). The van der Waals surface area contributed by atoms with Crippen molar-refractivity contribution >= 4 is 0 Å². The smallest absolute Gasteiger partial charge is 0.123 e. The Morgan fingerprint density at radius 3 is 2.25 bits per heavy atom. The van der Waals surface area contributed by atoms with E-state index >= 15 is 0 Å². The summed E-state index contributed by atoms with van der Waals surface area (Å²) in [6, 6.07) is 8.62. The maximum absolute atomic E-state index is 12.9. The minimum atomic E-state index is -0.151. The molecule has 1 aromatic carbocycles. The molecule has 1 heterocycles. The van der Waals surface area contributed by atoms with Crippen molar-refractivity contribution in [3.63, 3.8) is 0 Å². The van der Waals surface area contributed by atoms with Crippen molar-refractivity contribution in [3.8, 4) is 0 Å². The van der Waals surface area contributed by atoms with Crippen molar-refractivity contribution in [1.82, 2.24) is 10.2 Å². The van der Waals surface area contributed by atoms with Gasteiger partial charge >= 0.3 is 0 Å². The lowest BCUT2D eigenvalue weighted by Crippen LogP contribution is -2.46. The van der Waals surface area contributed by atoms with Crippen LogP contribution in [0.2, 0.25) is 0 Å². The van der Waals surface area contributed by atoms with E-state index < -0.39 is 0 Å². The van der Waals surface area contributed by atoms with Gasteiger partial charge in [-0.1, -0.05) is 12.1 Å². The maximum atomic E-state index is 12.9. The molecular formula is C17H27FN2. The van der Waals surface area contributed by atoms with Crippen LogP contribution < -0.4 is 5.32 Å². The van der Waals surface area contributed by atoms with E-state index in [1.807, 2.05) is 12.1 Å². The van der Waals surface area contributed by atoms with Gasteiger partial charge < -0.3 is 10.2 Å². The fraction of sp³-hybridized carbons (Fsp3) is 0.647. The molecule has 3 heteroatoms. The zero-order valence-electron chi connectivity index (χ0n) is 12.9. The lowest BCUT2D eigenvalue weighted by molar-refractivity contribution is 0.170. The molecule has 1 fully saturated rings. The zero-order chi connectivity index (χ0) is 14.5. The molecule has 0 aliphatic carbocycles. The van der Waals surface area contributed by atoms with Crippen LogP contribution in [0.3, 0.4) is 0 Å². The highest BCUT2D eigenvalue weighted by molar-refractivity contribution is 5.17. The Morgan fingerprint density at radius 1 is 1.15 bits per heavy atom. The molecule has 0 bridgehead atoms. The van der Waals surface area contributed by atoms with E-state index in [1.54, 1.807) is 12.1 Å². The summed E-state index contributed by atoms with van der Waals surface area (Å²) >= 11 is 0. The SMILES string of the molecule is CC1CCN(C(C)Cc2ccc(F)cc2)CCC(C)N1. The Hall–Kier alpha value is -0.930. The van der Waals surface area contributed by atoms with Crippen LogP contribution >= 0.6 is 0 Å². The lowest BCUT2D eigenvalue weighted by atomic mass is 10.0. The van der Waals surface area contributed by atoms with Crippen molar-refractivity contribution in [2.75, 3.05) is 13.1 Å². The van der Waals surface area contributed by atoms with E-state index in [9.17, 15) is 4.39 Å². The molecule has 0 radical (unpaired) electrons. The second-order valence-corrected chi connectivity index (χ2v) is 6.26. The molecule has 2 nitrogen and oxygen atoms in total. The minimum Gasteiger partial charge on any atom is -0.312 e. The van der Waals surface area contributed by atoms with Gasteiger partial charge in [0, 0.05) is 18.1 Å². The Bertz CT molecular complexity index is 392. The third-order valence-electron chi connectivity index (χ3n) is 4.34. The molecule has 1 aromatic rings. The van der Waals surface area contributed by atoms with Crippen LogP contribution in [0.25, 0.3) is 0 Å². The monoisotopic (exact) mass is 278 g/mol. The molecule has 1 aliphatic heterocycles. The Kier molecular flexibility index (Phi) is 5.55. The Labute approximate surface area is 122 Å². The van der Waals surface area contributed by atoms with Crippen molar-refractivity contribution < 1.29 is 4.39 Å². The molecule has 3 atom stereocenters. The number of hydrogen-bond acceptors (Lipinski definition) is 2. The summed E-state index contributed by atoms with van der Waals surface area (Å²) < 4.78 is 12.9. The van der Waals surface area contributed by atoms with Crippen LogP contribution in [-0.4, -0.2) is 36.1 Å². The van der Waals surface area contributed by atoms with E-state index in [4.69, 9.17) is 0 Å². The molecule has 1 aliphatic rings. The van der Waals surface area contributed by atoms with Crippen LogP contribution in [0.4, 0.5) is 4.39 Å². The third-order valence-corrected chi connectivity index (χ3v) is 4.34. The first-order valence-electron chi connectivity index (χ1n) is 7.79. The van der Waals surface area contributed by atoms with E-state index in [-0.39, 0.29) is 5.82 Å². The minimum absolute atomic E-state index is 0.151. The first-order valence-corrected chi connectivity index (χ1v) is 7.79.